The fourth-order valence-electron chi connectivity index (χ4n) is 3.39. The van der Waals surface area contributed by atoms with Gasteiger partial charge < -0.3 is 0 Å². The van der Waals surface area contributed by atoms with Gasteiger partial charge in [-0.3, -0.25) is 0 Å². The van der Waals surface area contributed by atoms with Crippen LogP contribution in [0, 0.1) is 0 Å². The van der Waals surface area contributed by atoms with E-state index < -0.39 is 16.7 Å². The fraction of sp³-hybridized carbons (Fsp3) is 0.400. The number of hydrogen-bond acceptors (Lipinski definition) is 1. The van der Waals surface area contributed by atoms with E-state index >= 15 is 0 Å². The number of nitrogens with one attached hydrogen (secondary N) is 1. The highest BCUT2D eigenvalue weighted by molar-refractivity contribution is 7.82. The van der Waals surface area contributed by atoms with Gasteiger partial charge in [0.15, 0.2) is 0 Å². The zero-order chi connectivity index (χ0) is 17.0. The summed E-state index contributed by atoms with van der Waals surface area (Å²) < 4.78 is 28.7. The van der Waals surface area contributed by atoms with Crippen molar-refractivity contribution in [3.8, 4) is 11.1 Å². The van der Waals surface area contributed by atoms with Crippen LogP contribution in [-0.2, 0) is 23.1 Å². The van der Waals surface area contributed by atoms with Crippen LogP contribution in [0.4, 0.5) is 4.39 Å². The molecule has 1 N–H and O–H groups in total. The molecule has 0 amide bonds. The molecule has 1 unspecified atom stereocenters. The van der Waals surface area contributed by atoms with Crippen molar-refractivity contribution >= 4 is 11.0 Å². The van der Waals surface area contributed by atoms with Crippen LogP contribution in [0.25, 0.3) is 11.1 Å². The van der Waals surface area contributed by atoms with E-state index in [2.05, 4.69) is 29.0 Å². The van der Waals surface area contributed by atoms with Crippen molar-refractivity contribution in [2.24, 2.45) is 0 Å². The first-order chi connectivity index (χ1) is 11.6. The molecule has 128 valence electrons. The van der Waals surface area contributed by atoms with Crippen LogP contribution in [-0.4, -0.2) is 17.0 Å². The number of benzene rings is 2. The van der Waals surface area contributed by atoms with E-state index in [1.807, 2.05) is 24.3 Å². The minimum absolute atomic E-state index is 0.650. The van der Waals surface area contributed by atoms with E-state index in [0.29, 0.717) is 19.4 Å². The first kappa shape index (κ1) is 17.3. The summed E-state index contributed by atoms with van der Waals surface area (Å²) in [5.74, 6) is 0. The van der Waals surface area contributed by atoms with Crippen molar-refractivity contribution in [3.05, 3.63) is 59.7 Å². The predicted octanol–water partition coefficient (Wildman–Crippen LogP) is 4.52. The van der Waals surface area contributed by atoms with E-state index in [-0.39, 0.29) is 0 Å². The van der Waals surface area contributed by atoms with Crippen molar-refractivity contribution in [3.63, 3.8) is 0 Å². The quantitative estimate of drug-likeness (QED) is 0.819. The summed E-state index contributed by atoms with van der Waals surface area (Å²) in [5.41, 5.74) is 3.16. The zero-order valence-electron chi connectivity index (χ0n) is 14.1. The van der Waals surface area contributed by atoms with Crippen LogP contribution < -0.4 is 4.72 Å². The second-order valence-electron chi connectivity index (χ2n) is 6.55. The van der Waals surface area contributed by atoms with E-state index in [1.165, 1.54) is 5.56 Å². The Labute approximate surface area is 146 Å². The monoisotopic (exact) mass is 345 g/mol. The molecule has 2 nitrogen and oxygen atoms in total. The molecule has 1 atom stereocenters. The molecule has 0 aromatic heterocycles. The molecule has 0 bridgehead atoms. The SMILES string of the molecule is CS(=O)NCCc1ccc(-c2ccc(C3(F)CCCC3)cc2)cc1. The molecule has 24 heavy (non-hydrogen) atoms. The Balaban J connectivity index is 1.67. The fourth-order valence-corrected chi connectivity index (χ4v) is 3.78. The maximum Gasteiger partial charge on any atom is 0.136 e. The lowest BCUT2D eigenvalue weighted by Gasteiger charge is -2.19. The lowest BCUT2D eigenvalue weighted by molar-refractivity contribution is 0.175. The van der Waals surface area contributed by atoms with E-state index in [9.17, 15) is 8.60 Å². The summed E-state index contributed by atoms with van der Waals surface area (Å²) in [6.07, 6.45) is 5.76. The minimum atomic E-state index is -1.12. The van der Waals surface area contributed by atoms with Crippen LogP contribution in [0.3, 0.4) is 0 Å². The van der Waals surface area contributed by atoms with Crippen LogP contribution in [0.1, 0.15) is 36.8 Å². The number of halogens is 1. The molecule has 0 aliphatic heterocycles. The first-order valence-electron chi connectivity index (χ1n) is 8.52. The third kappa shape index (κ3) is 4.11. The molecule has 0 saturated heterocycles. The van der Waals surface area contributed by atoms with Crippen LogP contribution in [0.5, 0.6) is 0 Å². The summed E-state index contributed by atoms with van der Waals surface area (Å²) in [5, 5.41) is 0. The predicted molar refractivity (Wildman–Crippen MR) is 98.9 cm³/mol. The van der Waals surface area contributed by atoms with Gasteiger partial charge in [0.25, 0.3) is 0 Å². The van der Waals surface area contributed by atoms with Gasteiger partial charge in [-0.15, -0.1) is 0 Å². The van der Waals surface area contributed by atoms with Gasteiger partial charge in [-0.25, -0.2) is 13.3 Å². The average molecular weight is 345 g/mol. The molecule has 2 aromatic rings. The smallest absolute Gasteiger partial charge is 0.136 e. The van der Waals surface area contributed by atoms with Gasteiger partial charge in [0.2, 0.25) is 0 Å². The average Bonchev–Trinajstić information content (AvgIpc) is 3.03. The van der Waals surface area contributed by atoms with Crippen molar-refractivity contribution < 1.29 is 8.60 Å². The third-order valence-electron chi connectivity index (χ3n) is 4.80. The van der Waals surface area contributed by atoms with Crippen LogP contribution in [0.15, 0.2) is 48.5 Å². The summed E-state index contributed by atoms with van der Waals surface area (Å²) >= 11 is 0. The van der Waals surface area contributed by atoms with Crippen molar-refractivity contribution in [1.29, 1.82) is 0 Å². The summed E-state index contributed by atoms with van der Waals surface area (Å²) in [6.45, 7) is 0.704. The Morgan fingerprint density at radius 1 is 1.00 bits per heavy atom. The topological polar surface area (TPSA) is 29.1 Å². The molecule has 1 aliphatic rings. The molecule has 4 heteroatoms. The molecular formula is C20H24FNOS. The van der Waals surface area contributed by atoms with E-state index in [1.54, 1.807) is 6.26 Å². The first-order valence-corrected chi connectivity index (χ1v) is 10.1. The normalized spacial score (nSPS) is 17.8. The van der Waals surface area contributed by atoms with Gasteiger partial charge in [0.1, 0.15) is 5.67 Å². The second-order valence-corrected chi connectivity index (χ2v) is 7.74. The molecular weight excluding hydrogens is 321 g/mol. The summed E-state index contributed by atoms with van der Waals surface area (Å²) in [4.78, 5) is 0. The Morgan fingerprint density at radius 3 is 2.08 bits per heavy atom. The van der Waals surface area contributed by atoms with Crippen molar-refractivity contribution in [1.82, 2.24) is 4.72 Å². The minimum Gasteiger partial charge on any atom is -0.243 e. The van der Waals surface area contributed by atoms with Gasteiger partial charge >= 0.3 is 0 Å². The Morgan fingerprint density at radius 2 is 1.54 bits per heavy atom. The molecule has 0 radical (unpaired) electrons. The lowest BCUT2D eigenvalue weighted by atomic mass is 9.92. The molecule has 0 heterocycles. The van der Waals surface area contributed by atoms with Gasteiger partial charge in [0, 0.05) is 12.8 Å². The highest BCUT2D eigenvalue weighted by Crippen LogP contribution is 2.42. The second kappa shape index (κ2) is 7.58. The lowest BCUT2D eigenvalue weighted by Crippen LogP contribution is -2.18. The van der Waals surface area contributed by atoms with Gasteiger partial charge in [-0.2, -0.15) is 0 Å². The van der Waals surface area contributed by atoms with Crippen molar-refractivity contribution in [2.75, 3.05) is 12.8 Å². The molecule has 1 aliphatic carbocycles. The Kier molecular flexibility index (Phi) is 5.47. The number of alkyl halides is 1. The maximum atomic E-state index is 14.8. The number of hydrogen-bond donors (Lipinski definition) is 1. The van der Waals surface area contributed by atoms with E-state index in [0.717, 1.165) is 36.0 Å². The molecule has 1 fully saturated rings. The molecule has 0 spiro atoms. The van der Waals surface area contributed by atoms with Crippen molar-refractivity contribution in [2.45, 2.75) is 37.8 Å². The Bertz CT molecular complexity index is 691. The van der Waals surface area contributed by atoms with Gasteiger partial charge in [-0.1, -0.05) is 48.5 Å². The Hall–Kier alpha value is -1.52. The molecule has 3 rings (SSSR count). The largest absolute Gasteiger partial charge is 0.243 e. The highest BCUT2D eigenvalue weighted by atomic mass is 32.2. The highest BCUT2D eigenvalue weighted by Gasteiger charge is 2.35. The maximum absolute atomic E-state index is 14.8. The summed E-state index contributed by atoms with van der Waals surface area (Å²) in [6, 6.07) is 16.3. The van der Waals surface area contributed by atoms with Crippen LogP contribution in [0.2, 0.25) is 0 Å². The zero-order valence-corrected chi connectivity index (χ0v) is 14.9. The summed E-state index contributed by atoms with van der Waals surface area (Å²) in [7, 11) is -0.961. The molecule has 1 saturated carbocycles. The van der Waals surface area contributed by atoms with Crippen LogP contribution >= 0.6 is 0 Å². The molecule has 2 aromatic carbocycles. The third-order valence-corrected chi connectivity index (χ3v) is 5.42. The standard InChI is InChI=1S/C20H24FNOS/c1-24(23)22-15-12-16-4-6-17(7-5-16)18-8-10-19(11-9-18)20(21)13-2-3-14-20/h4-11,22H,2-3,12-15H2,1H3. The van der Waals surface area contributed by atoms with E-state index in [4.69, 9.17) is 0 Å². The number of rotatable bonds is 6. The van der Waals surface area contributed by atoms with Gasteiger partial charge in [-0.05, 0) is 54.4 Å². The van der Waals surface area contributed by atoms with Gasteiger partial charge in [0.05, 0.1) is 11.0 Å².